The van der Waals surface area contributed by atoms with Crippen LogP contribution in [0.2, 0.25) is 0 Å². The minimum absolute atomic E-state index is 0.0769. The number of aromatic amines is 1. The number of benzene rings is 1. The van der Waals surface area contributed by atoms with Crippen LogP contribution in [0.1, 0.15) is 59.8 Å². The third-order valence-electron chi connectivity index (χ3n) is 4.62. The number of hydrogen-bond acceptors (Lipinski definition) is 4. The van der Waals surface area contributed by atoms with Crippen LogP contribution in [0.15, 0.2) is 30.3 Å². The number of nitrogens with one attached hydrogen (secondary N) is 3. The highest BCUT2D eigenvalue weighted by molar-refractivity contribution is 6.00. The molecule has 1 amide bonds. The molecule has 6 nitrogen and oxygen atoms in total. The molecule has 2 rings (SSSR count). The van der Waals surface area contributed by atoms with Gasteiger partial charge in [0.25, 0.3) is 5.91 Å². The summed E-state index contributed by atoms with van der Waals surface area (Å²) in [5.41, 5.74) is 3.09. The zero-order valence-electron chi connectivity index (χ0n) is 17.6. The van der Waals surface area contributed by atoms with Gasteiger partial charge < -0.3 is 20.4 Å². The number of rotatable bonds is 8. The van der Waals surface area contributed by atoms with Crippen molar-refractivity contribution in [1.29, 1.82) is 0 Å². The highest BCUT2D eigenvalue weighted by atomic mass is 16.5. The average Bonchev–Trinajstić information content (AvgIpc) is 2.92. The second-order valence-corrected chi connectivity index (χ2v) is 7.65. The normalized spacial score (nSPS) is 12.1. The lowest BCUT2D eigenvalue weighted by atomic mass is 10.0. The predicted molar refractivity (Wildman–Crippen MR) is 112 cm³/mol. The maximum absolute atomic E-state index is 12.7. The Kier molecular flexibility index (Phi) is 7.26. The fraction of sp³-hybridized carbons (Fsp3) is 0.455. The van der Waals surface area contributed by atoms with Crippen LogP contribution in [-0.4, -0.2) is 35.6 Å². The van der Waals surface area contributed by atoms with Gasteiger partial charge in [0.05, 0.1) is 11.7 Å². The number of H-pyrrole nitrogens is 1. The Labute approximate surface area is 167 Å². The summed E-state index contributed by atoms with van der Waals surface area (Å²) >= 11 is 0. The van der Waals surface area contributed by atoms with E-state index in [0.717, 1.165) is 5.69 Å². The first-order chi connectivity index (χ1) is 13.2. The molecule has 28 heavy (non-hydrogen) atoms. The van der Waals surface area contributed by atoms with Crippen LogP contribution in [-0.2, 0) is 4.74 Å². The van der Waals surface area contributed by atoms with Gasteiger partial charge in [0.15, 0.2) is 0 Å². The van der Waals surface area contributed by atoms with Crippen molar-refractivity contribution in [3.63, 3.8) is 0 Å². The molecule has 0 aliphatic carbocycles. The number of ether oxygens (including phenoxy) is 1. The van der Waals surface area contributed by atoms with Crippen LogP contribution in [0.5, 0.6) is 0 Å². The summed E-state index contributed by atoms with van der Waals surface area (Å²) in [5.74, 6) is -0.320. The first kappa shape index (κ1) is 21.5. The molecule has 1 atom stereocenters. The summed E-state index contributed by atoms with van der Waals surface area (Å²) in [7, 11) is 0. The molecule has 0 saturated carbocycles. The van der Waals surface area contributed by atoms with Crippen molar-refractivity contribution >= 4 is 17.6 Å². The summed E-state index contributed by atoms with van der Waals surface area (Å²) in [4.78, 5) is 28.1. The molecule has 0 bridgehead atoms. The maximum atomic E-state index is 12.7. The molecule has 0 aliphatic rings. The number of anilines is 1. The molecular weight excluding hydrogens is 354 g/mol. The number of para-hydroxylation sites is 1. The molecule has 0 radical (unpaired) electrons. The zero-order chi connectivity index (χ0) is 20.8. The molecule has 1 aromatic heterocycles. The lowest BCUT2D eigenvalue weighted by Crippen LogP contribution is -2.40. The topological polar surface area (TPSA) is 83.2 Å². The van der Waals surface area contributed by atoms with E-state index in [9.17, 15) is 9.59 Å². The molecule has 2 aromatic rings. The third kappa shape index (κ3) is 5.38. The summed E-state index contributed by atoms with van der Waals surface area (Å²) in [5, 5.41) is 6.43. The molecule has 0 aliphatic heterocycles. The van der Waals surface area contributed by atoms with E-state index in [0.29, 0.717) is 35.0 Å². The van der Waals surface area contributed by atoms with Crippen LogP contribution in [0.4, 0.5) is 5.69 Å². The van der Waals surface area contributed by atoms with Gasteiger partial charge in [-0.05, 0) is 51.3 Å². The minimum atomic E-state index is -0.411. The predicted octanol–water partition coefficient (Wildman–Crippen LogP) is 4.06. The van der Waals surface area contributed by atoms with Gasteiger partial charge in [-0.15, -0.1) is 0 Å². The van der Waals surface area contributed by atoms with Gasteiger partial charge in [-0.1, -0.05) is 32.0 Å². The highest BCUT2D eigenvalue weighted by Crippen LogP contribution is 2.20. The highest BCUT2D eigenvalue weighted by Gasteiger charge is 2.24. The van der Waals surface area contributed by atoms with E-state index in [-0.39, 0.29) is 18.1 Å². The van der Waals surface area contributed by atoms with Gasteiger partial charge in [0.2, 0.25) is 0 Å². The first-order valence-electron chi connectivity index (χ1n) is 9.70. The van der Waals surface area contributed by atoms with Crippen LogP contribution in [0, 0.1) is 19.8 Å². The van der Waals surface area contributed by atoms with E-state index < -0.39 is 5.97 Å². The SMILES string of the molecule is Cc1[nH]c(C(=O)NC[C@@H](Nc2ccccc2)C(C)C)c(C)c1C(=O)OC(C)C. The van der Waals surface area contributed by atoms with Gasteiger partial charge in [-0.25, -0.2) is 4.79 Å². The number of carbonyl (C=O) groups is 2. The van der Waals surface area contributed by atoms with Crippen molar-refractivity contribution in [2.45, 2.75) is 53.7 Å². The number of amides is 1. The van der Waals surface area contributed by atoms with Crippen molar-refractivity contribution < 1.29 is 14.3 Å². The first-order valence-corrected chi connectivity index (χ1v) is 9.70. The summed E-state index contributed by atoms with van der Waals surface area (Å²) < 4.78 is 5.29. The molecule has 3 N–H and O–H groups in total. The summed E-state index contributed by atoms with van der Waals surface area (Å²) in [6, 6.07) is 10.00. The number of hydrogen-bond donors (Lipinski definition) is 3. The van der Waals surface area contributed by atoms with Crippen LogP contribution < -0.4 is 10.6 Å². The van der Waals surface area contributed by atoms with Crippen LogP contribution in [0.3, 0.4) is 0 Å². The van der Waals surface area contributed by atoms with Gasteiger partial charge in [0, 0.05) is 24.0 Å². The number of aryl methyl sites for hydroxylation is 1. The van der Waals surface area contributed by atoms with Gasteiger partial charge in [-0.3, -0.25) is 4.79 Å². The quantitative estimate of drug-likeness (QED) is 0.598. The van der Waals surface area contributed by atoms with Crippen molar-refractivity contribution in [2.75, 3.05) is 11.9 Å². The molecule has 1 heterocycles. The Morgan fingerprint density at radius 3 is 2.29 bits per heavy atom. The Morgan fingerprint density at radius 1 is 1.07 bits per heavy atom. The fourth-order valence-electron chi connectivity index (χ4n) is 3.05. The van der Waals surface area contributed by atoms with Gasteiger partial charge >= 0.3 is 5.97 Å². The molecule has 0 saturated heterocycles. The Balaban J connectivity index is 2.08. The van der Waals surface area contributed by atoms with Crippen molar-refractivity contribution in [3.8, 4) is 0 Å². The van der Waals surface area contributed by atoms with Crippen molar-refractivity contribution in [1.82, 2.24) is 10.3 Å². The van der Waals surface area contributed by atoms with Crippen LogP contribution in [0.25, 0.3) is 0 Å². The monoisotopic (exact) mass is 385 g/mol. The van der Waals surface area contributed by atoms with E-state index in [1.807, 2.05) is 30.3 Å². The second-order valence-electron chi connectivity index (χ2n) is 7.65. The van der Waals surface area contributed by atoms with Crippen molar-refractivity contribution in [2.24, 2.45) is 5.92 Å². The number of esters is 1. The zero-order valence-corrected chi connectivity index (χ0v) is 17.6. The third-order valence-corrected chi connectivity index (χ3v) is 4.62. The standard InChI is InChI=1S/C22H31N3O3/c1-13(2)18(25-17-10-8-7-9-11-17)12-23-21(26)20-15(5)19(16(6)24-20)22(27)28-14(3)4/h7-11,13-14,18,24-25H,12H2,1-6H3,(H,23,26)/t18-/m1/s1. The largest absolute Gasteiger partial charge is 0.459 e. The molecule has 0 fully saturated rings. The number of aromatic nitrogens is 1. The minimum Gasteiger partial charge on any atom is -0.459 e. The Morgan fingerprint density at radius 2 is 1.71 bits per heavy atom. The lowest BCUT2D eigenvalue weighted by molar-refractivity contribution is 0.0376. The van der Waals surface area contributed by atoms with E-state index >= 15 is 0 Å². The fourth-order valence-corrected chi connectivity index (χ4v) is 3.05. The van der Waals surface area contributed by atoms with E-state index in [4.69, 9.17) is 4.74 Å². The van der Waals surface area contributed by atoms with E-state index in [1.165, 1.54) is 0 Å². The number of carbonyl (C=O) groups excluding carboxylic acids is 2. The molecule has 152 valence electrons. The maximum Gasteiger partial charge on any atom is 0.340 e. The van der Waals surface area contributed by atoms with E-state index in [1.54, 1.807) is 27.7 Å². The average molecular weight is 386 g/mol. The van der Waals surface area contributed by atoms with Crippen molar-refractivity contribution in [3.05, 3.63) is 52.8 Å². The van der Waals surface area contributed by atoms with E-state index in [2.05, 4.69) is 29.5 Å². The molecule has 0 unspecified atom stereocenters. The smallest absolute Gasteiger partial charge is 0.340 e. The molecule has 6 heteroatoms. The molecular formula is C22H31N3O3. The second kappa shape index (κ2) is 9.44. The Bertz CT molecular complexity index is 810. The van der Waals surface area contributed by atoms with Gasteiger partial charge in [0.1, 0.15) is 5.69 Å². The summed E-state index contributed by atoms with van der Waals surface area (Å²) in [6.07, 6.45) is -0.214. The van der Waals surface area contributed by atoms with Crippen LogP contribution >= 0.6 is 0 Å². The summed E-state index contributed by atoms with van der Waals surface area (Å²) in [6.45, 7) is 11.8. The lowest BCUT2D eigenvalue weighted by Gasteiger charge is -2.24. The molecule has 1 aromatic carbocycles. The Hall–Kier alpha value is -2.76. The van der Waals surface area contributed by atoms with Gasteiger partial charge in [-0.2, -0.15) is 0 Å². The molecule has 0 spiro atoms.